The number of hydrogen-bond donors (Lipinski definition) is 3. The van der Waals surface area contributed by atoms with Crippen molar-refractivity contribution in [1.82, 2.24) is 10.0 Å². The van der Waals surface area contributed by atoms with Crippen LogP contribution in [0.2, 0.25) is 0 Å². The Hall–Kier alpha value is -0.890. The van der Waals surface area contributed by atoms with Gasteiger partial charge in [-0.2, -0.15) is 0 Å². The van der Waals surface area contributed by atoms with E-state index in [1.807, 2.05) is 20.8 Å². The highest BCUT2D eigenvalue weighted by Crippen LogP contribution is 2.15. The van der Waals surface area contributed by atoms with Crippen LogP contribution < -0.4 is 10.0 Å². The third-order valence-electron chi connectivity index (χ3n) is 2.76. The Bertz CT molecular complexity index is 482. The van der Waals surface area contributed by atoms with Crippen molar-refractivity contribution in [2.45, 2.75) is 38.5 Å². The lowest BCUT2D eigenvalue weighted by molar-refractivity contribution is 0.227. The molecule has 1 aromatic heterocycles. The molecule has 0 amide bonds. The fourth-order valence-electron chi connectivity index (χ4n) is 1.49. The second-order valence-electron chi connectivity index (χ2n) is 4.66. The number of furan rings is 1. The molecule has 0 aromatic carbocycles. The molecule has 0 aliphatic rings. The van der Waals surface area contributed by atoms with Crippen LogP contribution in [0.25, 0.3) is 0 Å². The van der Waals surface area contributed by atoms with Gasteiger partial charge in [0.2, 0.25) is 5.09 Å². The van der Waals surface area contributed by atoms with Crippen LogP contribution in [0.1, 0.15) is 26.5 Å². The summed E-state index contributed by atoms with van der Waals surface area (Å²) in [4.78, 5) is 0. The maximum Gasteiger partial charge on any atom is 0.274 e. The van der Waals surface area contributed by atoms with Gasteiger partial charge in [-0.05, 0) is 24.6 Å². The van der Waals surface area contributed by atoms with Crippen molar-refractivity contribution in [3.05, 3.63) is 17.9 Å². The van der Waals surface area contributed by atoms with E-state index in [2.05, 4.69) is 10.0 Å². The number of aliphatic hydroxyl groups is 1. The Morgan fingerprint density at radius 3 is 2.58 bits per heavy atom. The van der Waals surface area contributed by atoms with E-state index in [9.17, 15) is 8.42 Å². The summed E-state index contributed by atoms with van der Waals surface area (Å²) in [5.41, 5.74) is 0. The van der Waals surface area contributed by atoms with Crippen LogP contribution in [0, 0.1) is 5.92 Å². The molecule has 0 radical (unpaired) electrons. The molecular formula is C12H22N2O4S. The molecule has 110 valence electrons. The number of nitrogens with one attached hydrogen (secondary N) is 2. The lowest BCUT2D eigenvalue weighted by Gasteiger charge is -2.18. The first-order valence-corrected chi connectivity index (χ1v) is 7.81. The molecule has 0 fully saturated rings. The Morgan fingerprint density at radius 1 is 1.37 bits per heavy atom. The summed E-state index contributed by atoms with van der Waals surface area (Å²) in [6.45, 7) is 6.64. The van der Waals surface area contributed by atoms with Crippen molar-refractivity contribution < 1.29 is 17.9 Å². The average Bonchev–Trinajstić information content (AvgIpc) is 2.82. The molecule has 0 bridgehead atoms. The van der Waals surface area contributed by atoms with E-state index in [-0.39, 0.29) is 17.6 Å². The lowest BCUT2D eigenvalue weighted by atomic mass is 10.1. The van der Waals surface area contributed by atoms with Crippen molar-refractivity contribution in [1.29, 1.82) is 0 Å². The maximum absolute atomic E-state index is 12.1. The van der Waals surface area contributed by atoms with E-state index in [1.54, 1.807) is 6.07 Å². The quantitative estimate of drug-likeness (QED) is 0.655. The van der Waals surface area contributed by atoms with Crippen molar-refractivity contribution in [3.63, 3.8) is 0 Å². The first-order chi connectivity index (χ1) is 8.90. The summed E-state index contributed by atoms with van der Waals surface area (Å²) in [5.74, 6) is 0.559. The zero-order valence-corrected chi connectivity index (χ0v) is 12.3. The maximum atomic E-state index is 12.1. The monoisotopic (exact) mass is 290 g/mol. The molecule has 1 atom stereocenters. The normalized spacial score (nSPS) is 13.9. The van der Waals surface area contributed by atoms with Crippen molar-refractivity contribution in [3.8, 4) is 0 Å². The molecule has 1 aromatic rings. The molecule has 0 spiro atoms. The molecule has 1 unspecified atom stereocenters. The van der Waals surface area contributed by atoms with Crippen LogP contribution in [0.15, 0.2) is 21.6 Å². The van der Waals surface area contributed by atoms with E-state index in [1.165, 1.54) is 6.07 Å². The Balaban J connectivity index is 2.79. The van der Waals surface area contributed by atoms with Gasteiger partial charge in [-0.1, -0.05) is 20.8 Å². The van der Waals surface area contributed by atoms with E-state index in [0.29, 0.717) is 12.3 Å². The van der Waals surface area contributed by atoms with Crippen molar-refractivity contribution in [2.75, 3.05) is 13.2 Å². The van der Waals surface area contributed by atoms with Gasteiger partial charge in [0.05, 0.1) is 13.2 Å². The van der Waals surface area contributed by atoms with E-state index >= 15 is 0 Å². The number of rotatable bonds is 8. The first kappa shape index (κ1) is 16.2. The fourth-order valence-corrected chi connectivity index (χ4v) is 2.81. The molecule has 1 rings (SSSR count). The molecule has 3 N–H and O–H groups in total. The van der Waals surface area contributed by atoms with E-state index < -0.39 is 16.1 Å². The first-order valence-electron chi connectivity index (χ1n) is 6.33. The fraction of sp³-hybridized carbons (Fsp3) is 0.667. The topological polar surface area (TPSA) is 91.6 Å². The molecule has 0 saturated heterocycles. The second-order valence-corrected chi connectivity index (χ2v) is 6.30. The Kier molecular flexibility index (Phi) is 5.99. The second kappa shape index (κ2) is 7.04. The van der Waals surface area contributed by atoms with Gasteiger partial charge < -0.3 is 14.8 Å². The molecule has 0 aliphatic heterocycles. The molecule has 6 nitrogen and oxygen atoms in total. The largest absolute Gasteiger partial charge is 0.447 e. The van der Waals surface area contributed by atoms with Gasteiger partial charge >= 0.3 is 0 Å². The summed E-state index contributed by atoms with van der Waals surface area (Å²) in [7, 11) is -3.73. The summed E-state index contributed by atoms with van der Waals surface area (Å²) in [5, 5.41) is 12.1. The van der Waals surface area contributed by atoms with Gasteiger partial charge in [0.1, 0.15) is 5.76 Å². The van der Waals surface area contributed by atoms with Gasteiger partial charge in [-0.15, -0.1) is 0 Å². The number of hydrogen-bond acceptors (Lipinski definition) is 5. The predicted octanol–water partition coefficient (Wildman–Crippen LogP) is 0.684. The minimum Gasteiger partial charge on any atom is -0.447 e. The van der Waals surface area contributed by atoms with Gasteiger partial charge in [-0.25, -0.2) is 13.1 Å². The molecular weight excluding hydrogens is 268 g/mol. The molecule has 0 saturated carbocycles. The molecule has 19 heavy (non-hydrogen) atoms. The van der Waals surface area contributed by atoms with Crippen molar-refractivity contribution in [2.24, 2.45) is 5.92 Å². The zero-order valence-electron chi connectivity index (χ0n) is 11.5. The zero-order chi connectivity index (χ0) is 14.5. The number of sulfonamides is 1. The van der Waals surface area contributed by atoms with Crippen LogP contribution in [-0.2, 0) is 16.6 Å². The summed E-state index contributed by atoms with van der Waals surface area (Å²) in [6, 6.07) is 2.52. The van der Waals surface area contributed by atoms with Crippen LogP contribution in [-0.4, -0.2) is 32.7 Å². The number of aliphatic hydroxyl groups excluding tert-OH is 1. The highest BCUT2D eigenvalue weighted by atomic mass is 32.2. The van der Waals surface area contributed by atoms with E-state index in [0.717, 1.165) is 6.54 Å². The standard InChI is InChI=1S/C12H22N2O4S/c1-4-13-7-10-5-6-12(18-10)19(16,17)14-11(8-15)9(2)3/h5-6,9,11,13-15H,4,7-8H2,1-3H3. The highest BCUT2D eigenvalue weighted by molar-refractivity contribution is 7.89. The van der Waals surface area contributed by atoms with E-state index in [4.69, 9.17) is 9.52 Å². The van der Waals surface area contributed by atoms with Crippen molar-refractivity contribution >= 4 is 10.0 Å². The minimum absolute atomic E-state index is 0.00374. The SMILES string of the molecule is CCNCc1ccc(S(=O)(=O)NC(CO)C(C)C)o1. The lowest BCUT2D eigenvalue weighted by Crippen LogP contribution is -2.40. The third kappa shape index (κ3) is 4.61. The summed E-state index contributed by atoms with van der Waals surface area (Å²) < 4.78 is 31.8. The van der Waals surface area contributed by atoms with Gasteiger partial charge in [0, 0.05) is 6.04 Å². The summed E-state index contributed by atoms with van der Waals surface area (Å²) in [6.07, 6.45) is 0. The highest BCUT2D eigenvalue weighted by Gasteiger charge is 2.24. The predicted molar refractivity (Wildman–Crippen MR) is 72.1 cm³/mol. The summed E-state index contributed by atoms with van der Waals surface area (Å²) >= 11 is 0. The molecule has 1 heterocycles. The third-order valence-corrected chi connectivity index (χ3v) is 4.12. The van der Waals surface area contributed by atoms with Crippen LogP contribution in [0.3, 0.4) is 0 Å². The average molecular weight is 290 g/mol. The minimum atomic E-state index is -3.73. The molecule has 0 aliphatic carbocycles. The molecule has 7 heteroatoms. The van der Waals surface area contributed by atoms with Crippen LogP contribution in [0.5, 0.6) is 0 Å². The van der Waals surface area contributed by atoms with Crippen LogP contribution >= 0.6 is 0 Å². The van der Waals surface area contributed by atoms with Gasteiger partial charge in [0.25, 0.3) is 10.0 Å². The van der Waals surface area contributed by atoms with Gasteiger partial charge in [-0.3, -0.25) is 0 Å². The van der Waals surface area contributed by atoms with Crippen LogP contribution in [0.4, 0.5) is 0 Å². The Labute approximate surface area is 114 Å². The Morgan fingerprint density at radius 2 is 2.05 bits per heavy atom. The van der Waals surface area contributed by atoms with Gasteiger partial charge in [0.15, 0.2) is 0 Å². The smallest absolute Gasteiger partial charge is 0.274 e.